The van der Waals surface area contributed by atoms with Crippen LogP contribution >= 0.6 is 34.8 Å². The lowest BCUT2D eigenvalue weighted by Gasteiger charge is -2.17. The van der Waals surface area contributed by atoms with Gasteiger partial charge in [-0.25, -0.2) is 13.4 Å². The van der Waals surface area contributed by atoms with Crippen LogP contribution in [0.25, 0.3) is 0 Å². The van der Waals surface area contributed by atoms with E-state index >= 15 is 0 Å². The minimum absolute atomic E-state index is 0.0658. The van der Waals surface area contributed by atoms with Gasteiger partial charge < -0.3 is 10.1 Å². The van der Waals surface area contributed by atoms with E-state index < -0.39 is 22.4 Å². The van der Waals surface area contributed by atoms with Gasteiger partial charge in [0.25, 0.3) is 0 Å². The van der Waals surface area contributed by atoms with Crippen molar-refractivity contribution in [1.29, 1.82) is 5.41 Å². The van der Waals surface area contributed by atoms with Crippen LogP contribution in [0.15, 0.2) is 47.5 Å². The van der Waals surface area contributed by atoms with Gasteiger partial charge in [-0.15, -0.1) is 0 Å². The molecular weight excluding hydrogens is 433 g/mol. The summed E-state index contributed by atoms with van der Waals surface area (Å²) in [5.41, 5.74) is 0.453. The van der Waals surface area contributed by atoms with Crippen LogP contribution in [0.2, 0.25) is 15.1 Å². The first-order valence-corrected chi connectivity index (χ1v) is 10.0. The highest BCUT2D eigenvalue weighted by Crippen LogP contribution is 2.59. The van der Waals surface area contributed by atoms with Crippen LogP contribution in [0.1, 0.15) is 17.2 Å². The normalized spacial score (nSPS) is 21.9. The van der Waals surface area contributed by atoms with Gasteiger partial charge in [0.05, 0.1) is 6.54 Å². The molecule has 2 aromatic rings. The minimum Gasteiger partial charge on any atom is -0.357 e. The molecule has 142 valence electrons. The molecule has 0 saturated carbocycles. The highest BCUT2D eigenvalue weighted by molar-refractivity contribution is 7.89. The summed E-state index contributed by atoms with van der Waals surface area (Å²) in [6.45, 7) is 0.0658. The zero-order chi connectivity index (χ0) is 19.6. The largest absolute Gasteiger partial charge is 0.357 e. The lowest BCUT2D eigenvalue weighted by molar-refractivity contribution is 0.296. The Kier molecular flexibility index (Phi) is 6.08. The molecule has 0 amide bonds. The summed E-state index contributed by atoms with van der Waals surface area (Å²) in [6, 6.07) is 12.2. The standard InChI is InChI=1S/C17H14Cl3N3O3S/c18-10-5-6-11(14(20)7-10)15-17(26-15,12-3-1-2-4-13(12)19)8-22-16(23-9-21)27(24)25/h1-7,9,15,27H,8H2,(H2,21,22,23)/t15-,17-/m1/s1. The van der Waals surface area contributed by atoms with Gasteiger partial charge in [-0.3, -0.25) is 5.41 Å². The van der Waals surface area contributed by atoms with Gasteiger partial charge in [0.2, 0.25) is 15.9 Å². The maximum absolute atomic E-state index is 11.3. The van der Waals surface area contributed by atoms with E-state index in [4.69, 9.17) is 44.9 Å². The van der Waals surface area contributed by atoms with Gasteiger partial charge in [-0.2, -0.15) is 0 Å². The van der Waals surface area contributed by atoms with Gasteiger partial charge in [-0.05, 0) is 18.2 Å². The number of ether oxygens (including phenoxy) is 1. The molecule has 1 saturated heterocycles. The number of aliphatic imine (C=N–C) groups is 1. The number of hydrogen-bond donors (Lipinski definition) is 3. The zero-order valence-electron chi connectivity index (χ0n) is 13.7. The third kappa shape index (κ3) is 4.12. The van der Waals surface area contributed by atoms with Crippen molar-refractivity contribution < 1.29 is 13.2 Å². The van der Waals surface area contributed by atoms with E-state index in [9.17, 15) is 8.42 Å². The molecule has 10 heteroatoms. The zero-order valence-corrected chi connectivity index (χ0v) is 16.8. The Morgan fingerprint density at radius 3 is 2.59 bits per heavy atom. The Bertz CT molecular complexity index is 988. The SMILES string of the molecule is N=C/N=C(\NC[C@]1(c2ccccc2Cl)O[C@@H]1c1ccc(Cl)cc1Cl)[SH](=O)=O. The molecule has 1 fully saturated rings. The Labute approximate surface area is 172 Å². The number of nitrogens with zero attached hydrogens (tertiary/aromatic N) is 1. The van der Waals surface area contributed by atoms with E-state index in [2.05, 4.69) is 10.3 Å². The number of halogens is 3. The third-order valence-electron chi connectivity index (χ3n) is 4.14. The maximum atomic E-state index is 11.3. The van der Waals surface area contributed by atoms with E-state index in [0.717, 1.165) is 0 Å². The fraction of sp³-hybridized carbons (Fsp3) is 0.176. The summed E-state index contributed by atoms with van der Waals surface area (Å²) < 4.78 is 28.6. The molecule has 0 radical (unpaired) electrons. The van der Waals surface area contributed by atoms with Crippen LogP contribution in [0, 0.1) is 5.41 Å². The van der Waals surface area contributed by atoms with Gasteiger partial charge in [0.15, 0.2) is 0 Å². The molecule has 1 heterocycles. The van der Waals surface area contributed by atoms with Crippen molar-refractivity contribution in [2.45, 2.75) is 11.7 Å². The topological polar surface area (TPSA) is 94.9 Å². The van der Waals surface area contributed by atoms with Crippen LogP contribution in [-0.2, 0) is 21.0 Å². The average molecular weight is 447 g/mol. The molecule has 2 atom stereocenters. The van der Waals surface area contributed by atoms with Crippen molar-refractivity contribution >= 4 is 57.0 Å². The fourth-order valence-corrected chi connectivity index (χ4v) is 4.04. The minimum atomic E-state index is -3.00. The Balaban J connectivity index is 1.98. The van der Waals surface area contributed by atoms with E-state index in [0.29, 0.717) is 32.5 Å². The molecule has 2 aromatic carbocycles. The predicted octanol–water partition coefficient (Wildman–Crippen LogP) is 3.78. The van der Waals surface area contributed by atoms with Gasteiger partial charge >= 0.3 is 0 Å². The highest BCUT2D eigenvalue weighted by Gasteiger charge is 2.60. The van der Waals surface area contributed by atoms with Crippen LogP contribution in [-0.4, -0.2) is 26.5 Å². The maximum Gasteiger partial charge on any atom is 0.219 e. The lowest BCUT2D eigenvalue weighted by atomic mass is 9.91. The van der Waals surface area contributed by atoms with E-state index in [-0.39, 0.29) is 11.7 Å². The smallest absolute Gasteiger partial charge is 0.219 e. The lowest BCUT2D eigenvalue weighted by Crippen LogP contribution is -2.34. The molecule has 2 N–H and O–H groups in total. The van der Waals surface area contributed by atoms with Crippen molar-refractivity contribution in [2.24, 2.45) is 4.99 Å². The molecule has 3 rings (SSSR count). The summed E-state index contributed by atoms with van der Waals surface area (Å²) in [7, 11) is -3.00. The second-order valence-electron chi connectivity index (χ2n) is 5.73. The fourth-order valence-electron chi connectivity index (χ4n) is 2.87. The number of epoxide rings is 1. The molecule has 0 bridgehead atoms. The molecule has 0 aromatic heterocycles. The van der Waals surface area contributed by atoms with Gasteiger partial charge in [0, 0.05) is 26.2 Å². The second kappa shape index (κ2) is 8.16. The second-order valence-corrected chi connectivity index (χ2v) is 7.91. The Hall–Kier alpha value is -1.64. The molecule has 27 heavy (non-hydrogen) atoms. The van der Waals surface area contributed by atoms with Crippen LogP contribution in [0.4, 0.5) is 0 Å². The van der Waals surface area contributed by atoms with E-state index in [1.807, 2.05) is 6.07 Å². The summed E-state index contributed by atoms with van der Waals surface area (Å²) in [6.07, 6.45) is 0.192. The van der Waals surface area contributed by atoms with Gasteiger partial charge in [-0.1, -0.05) is 59.1 Å². The monoisotopic (exact) mass is 445 g/mol. The molecule has 6 nitrogen and oxygen atoms in total. The highest BCUT2D eigenvalue weighted by atomic mass is 35.5. The van der Waals surface area contributed by atoms with Crippen LogP contribution in [0.5, 0.6) is 0 Å². The van der Waals surface area contributed by atoms with E-state index in [1.165, 1.54) is 0 Å². The van der Waals surface area contributed by atoms with Crippen molar-refractivity contribution in [3.63, 3.8) is 0 Å². The molecule has 1 aliphatic heterocycles. The first-order valence-electron chi connectivity index (χ1n) is 7.72. The Morgan fingerprint density at radius 2 is 1.96 bits per heavy atom. The Morgan fingerprint density at radius 1 is 1.22 bits per heavy atom. The predicted molar refractivity (Wildman–Crippen MR) is 108 cm³/mol. The van der Waals surface area contributed by atoms with Crippen LogP contribution in [0.3, 0.4) is 0 Å². The number of hydrogen-bond acceptors (Lipinski definition) is 4. The number of rotatable bonds is 5. The summed E-state index contributed by atoms with van der Waals surface area (Å²) >= 11 is 18.6. The number of nitrogens with one attached hydrogen (secondary N) is 2. The summed E-state index contributed by atoms with van der Waals surface area (Å²) in [5.74, 6) is 0. The number of benzene rings is 2. The third-order valence-corrected chi connectivity index (χ3v) is 5.65. The first kappa shape index (κ1) is 20.1. The molecule has 0 spiro atoms. The molecule has 1 aliphatic rings. The molecule has 0 unspecified atom stereocenters. The van der Waals surface area contributed by atoms with E-state index in [1.54, 1.807) is 36.4 Å². The number of amidine groups is 1. The quantitative estimate of drug-likeness (QED) is 0.282. The molecular formula is C17H14Cl3N3O3S. The van der Waals surface area contributed by atoms with Crippen molar-refractivity contribution in [3.8, 4) is 0 Å². The van der Waals surface area contributed by atoms with Gasteiger partial charge in [0.1, 0.15) is 18.0 Å². The number of thiol groups is 1. The molecule has 0 aliphatic carbocycles. The average Bonchev–Trinajstić information content (AvgIpc) is 3.33. The summed E-state index contributed by atoms with van der Waals surface area (Å²) in [4.78, 5) is 3.52. The van der Waals surface area contributed by atoms with Crippen LogP contribution < -0.4 is 5.32 Å². The summed E-state index contributed by atoms with van der Waals surface area (Å²) in [5, 5.41) is 10.8. The van der Waals surface area contributed by atoms with Crippen molar-refractivity contribution in [2.75, 3.05) is 6.54 Å². The van der Waals surface area contributed by atoms with Crippen molar-refractivity contribution in [3.05, 3.63) is 68.7 Å². The van der Waals surface area contributed by atoms with Crippen molar-refractivity contribution in [1.82, 2.24) is 5.32 Å². The first-order chi connectivity index (χ1) is 12.9.